The Morgan fingerprint density at radius 1 is 1.33 bits per heavy atom. The van der Waals surface area contributed by atoms with Crippen LogP contribution in [0.4, 0.5) is 4.79 Å². The van der Waals surface area contributed by atoms with Gasteiger partial charge in [0.1, 0.15) is 5.60 Å². The van der Waals surface area contributed by atoms with Crippen molar-refractivity contribution >= 4 is 18.2 Å². The van der Waals surface area contributed by atoms with E-state index >= 15 is 0 Å². The van der Waals surface area contributed by atoms with E-state index in [-0.39, 0.29) is 0 Å². The van der Waals surface area contributed by atoms with Crippen LogP contribution in [-0.4, -0.2) is 27.9 Å². The molecule has 0 saturated heterocycles. The van der Waals surface area contributed by atoms with Crippen LogP contribution in [0.5, 0.6) is 0 Å². The highest BCUT2D eigenvalue weighted by molar-refractivity contribution is 5.92. The van der Waals surface area contributed by atoms with Crippen molar-refractivity contribution in [2.75, 3.05) is 0 Å². The van der Waals surface area contributed by atoms with Gasteiger partial charge in [-0.3, -0.25) is 0 Å². The standard InChI is InChI=1S/C12H14N2O4/c1-12(2,3)18-11(16)17-10(15)7-6-9-5-4-8-13-14-9/h4-8H,1-3H3/b7-6+. The van der Waals surface area contributed by atoms with Gasteiger partial charge in [-0.25, -0.2) is 9.59 Å². The average molecular weight is 250 g/mol. The van der Waals surface area contributed by atoms with Crippen molar-refractivity contribution in [3.63, 3.8) is 0 Å². The molecule has 0 amide bonds. The minimum atomic E-state index is -1.03. The van der Waals surface area contributed by atoms with Crippen LogP contribution in [0.2, 0.25) is 0 Å². The third-order valence-corrected chi connectivity index (χ3v) is 1.56. The molecule has 0 atom stereocenters. The largest absolute Gasteiger partial charge is 0.516 e. The second kappa shape index (κ2) is 5.90. The van der Waals surface area contributed by atoms with Crippen LogP contribution in [0.25, 0.3) is 6.08 Å². The molecule has 0 aliphatic heterocycles. The van der Waals surface area contributed by atoms with Crippen LogP contribution < -0.4 is 0 Å². The molecule has 1 rings (SSSR count). The fourth-order valence-electron chi connectivity index (χ4n) is 0.943. The van der Waals surface area contributed by atoms with E-state index in [0.29, 0.717) is 5.69 Å². The highest BCUT2D eigenvalue weighted by Gasteiger charge is 2.19. The number of ether oxygens (including phenoxy) is 2. The maximum absolute atomic E-state index is 11.3. The van der Waals surface area contributed by atoms with E-state index in [4.69, 9.17) is 4.74 Å². The average Bonchev–Trinajstić information content (AvgIpc) is 2.25. The Balaban J connectivity index is 2.47. The van der Waals surface area contributed by atoms with Gasteiger partial charge in [0, 0.05) is 12.3 Å². The number of nitrogens with zero attached hydrogens (tertiary/aromatic N) is 2. The summed E-state index contributed by atoms with van der Waals surface area (Å²) < 4.78 is 9.23. The van der Waals surface area contributed by atoms with Gasteiger partial charge in [0.2, 0.25) is 0 Å². The van der Waals surface area contributed by atoms with E-state index in [0.717, 1.165) is 6.08 Å². The Morgan fingerprint density at radius 2 is 2.06 bits per heavy atom. The maximum Gasteiger partial charge on any atom is 0.516 e. The Kier molecular flexibility index (Phi) is 4.53. The number of carbonyl (C=O) groups is 2. The van der Waals surface area contributed by atoms with E-state index in [9.17, 15) is 9.59 Å². The van der Waals surface area contributed by atoms with Crippen LogP contribution in [-0.2, 0) is 14.3 Å². The summed E-state index contributed by atoms with van der Waals surface area (Å²) in [6.07, 6.45) is 2.94. The quantitative estimate of drug-likeness (QED) is 0.453. The SMILES string of the molecule is CC(C)(C)OC(=O)OC(=O)/C=C/c1cccnn1. The molecule has 1 aromatic rings. The van der Waals surface area contributed by atoms with Crippen LogP contribution in [0.15, 0.2) is 24.4 Å². The summed E-state index contributed by atoms with van der Waals surface area (Å²) >= 11 is 0. The minimum absolute atomic E-state index is 0.485. The molecule has 0 aliphatic carbocycles. The molecular weight excluding hydrogens is 236 g/mol. The monoisotopic (exact) mass is 250 g/mol. The van der Waals surface area contributed by atoms with Crippen molar-refractivity contribution in [1.82, 2.24) is 10.2 Å². The lowest BCUT2D eigenvalue weighted by atomic mass is 10.2. The highest BCUT2D eigenvalue weighted by atomic mass is 16.7. The van der Waals surface area contributed by atoms with Gasteiger partial charge >= 0.3 is 12.1 Å². The van der Waals surface area contributed by atoms with Crippen LogP contribution in [0, 0.1) is 0 Å². The van der Waals surface area contributed by atoms with Gasteiger partial charge in [-0.05, 0) is 39.0 Å². The summed E-state index contributed by atoms with van der Waals surface area (Å²) in [5, 5.41) is 7.36. The molecule has 6 heteroatoms. The van der Waals surface area contributed by atoms with E-state index in [1.165, 1.54) is 12.3 Å². The molecule has 0 saturated carbocycles. The lowest BCUT2D eigenvalue weighted by Crippen LogP contribution is -2.25. The van der Waals surface area contributed by atoms with Crippen molar-refractivity contribution in [3.05, 3.63) is 30.1 Å². The van der Waals surface area contributed by atoms with Gasteiger partial charge in [0.25, 0.3) is 0 Å². The van der Waals surface area contributed by atoms with Gasteiger partial charge in [-0.2, -0.15) is 10.2 Å². The molecule has 1 aromatic heterocycles. The maximum atomic E-state index is 11.3. The molecule has 6 nitrogen and oxygen atoms in total. The summed E-state index contributed by atoms with van der Waals surface area (Å²) in [5.74, 6) is -0.824. The zero-order chi connectivity index (χ0) is 13.6. The molecular formula is C12H14N2O4. The Bertz CT molecular complexity index is 449. The van der Waals surface area contributed by atoms with E-state index < -0.39 is 17.7 Å². The molecule has 0 fully saturated rings. The second-order valence-electron chi connectivity index (χ2n) is 4.37. The van der Waals surface area contributed by atoms with Gasteiger partial charge in [-0.15, -0.1) is 0 Å². The predicted octanol–water partition coefficient (Wildman–Crippen LogP) is 1.97. The van der Waals surface area contributed by atoms with Crippen molar-refractivity contribution in [3.8, 4) is 0 Å². The Labute approximate surface area is 105 Å². The first kappa shape index (κ1) is 13.8. The number of carbonyl (C=O) groups excluding carboxylic acids is 2. The van der Waals surface area contributed by atoms with Gasteiger partial charge < -0.3 is 9.47 Å². The third-order valence-electron chi connectivity index (χ3n) is 1.56. The lowest BCUT2D eigenvalue weighted by molar-refractivity contribution is -0.135. The first-order chi connectivity index (χ1) is 8.37. The molecule has 0 bridgehead atoms. The fraction of sp³-hybridized carbons (Fsp3) is 0.333. The molecule has 1 heterocycles. The van der Waals surface area contributed by atoms with Gasteiger partial charge in [-0.1, -0.05) is 0 Å². The van der Waals surface area contributed by atoms with Crippen LogP contribution >= 0.6 is 0 Å². The highest BCUT2D eigenvalue weighted by Crippen LogP contribution is 2.08. The van der Waals surface area contributed by atoms with Crippen LogP contribution in [0.1, 0.15) is 26.5 Å². The van der Waals surface area contributed by atoms with E-state index in [2.05, 4.69) is 14.9 Å². The number of esters is 1. The summed E-state index contributed by atoms with van der Waals surface area (Å²) in [6, 6.07) is 3.33. The van der Waals surface area contributed by atoms with Crippen molar-refractivity contribution in [2.24, 2.45) is 0 Å². The number of rotatable bonds is 2. The topological polar surface area (TPSA) is 78.4 Å². The van der Waals surface area contributed by atoms with Crippen molar-refractivity contribution in [1.29, 1.82) is 0 Å². The Hall–Kier alpha value is -2.24. The first-order valence-corrected chi connectivity index (χ1v) is 5.27. The minimum Gasteiger partial charge on any atom is -0.428 e. The number of aromatic nitrogens is 2. The summed E-state index contributed by atoms with van der Waals surface area (Å²) in [7, 11) is 0. The first-order valence-electron chi connectivity index (χ1n) is 5.27. The zero-order valence-corrected chi connectivity index (χ0v) is 10.4. The molecule has 0 radical (unpaired) electrons. The lowest BCUT2D eigenvalue weighted by Gasteiger charge is -2.17. The summed E-state index contributed by atoms with van der Waals surface area (Å²) in [4.78, 5) is 22.4. The van der Waals surface area contributed by atoms with E-state index in [1.54, 1.807) is 32.9 Å². The Morgan fingerprint density at radius 3 is 2.61 bits per heavy atom. The smallest absolute Gasteiger partial charge is 0.428 e. The molecule has 96 valence electrons. The fourth-order valence-corrected chi connectivity index (χ4v) is 0.943. The molecule has 0 unspecified atom stereocenters. The van der Waals surface area contributed by atoms with E-state index in [1.807, 2.05) is 0 Å². The van der Waals surface area contributed by atoms with Crippen molar-refractivity contribution in [2.45, 2.75) is 26.4 Å². The van der Waals surface area contributed by atoms with Crippen LogP contribution in [0.3, 0.4) is 0 Å². The number of hydrogen-bond donors (Lipinski definition) is 0. The molecule has 18 heavy (non-hydrogen) atoms. The predicted molar refractivity (Wildman–Crippen MR) is 63.4 cm³/mol. The summed E-state index contributed by atoms with van der Waals surface area (Å²) in [6.45, 7) is 5.02. The molecule has 0 N–H and O–H groups in total. The second-order valence-corrected chi connectivity index (χ2v) is 4.37. The molecule has 0 spiro atoms. The normalized spacial score (nSPS) is 11.3. The third kappa shape index (κ3) is 5.74. The number of hydrogen-bond acceptors (Lipinski definition) is 6. The summed E-state index contributed by atoms with van der Waals surface area (Å²) in [5.41, 5.74) is -0.218. The van der Waals surface area contributed by atoms with Gasteiger partial charge in [0.05, 0.1) is 5.69 Å². The van der Waals surface area contributed by atoms with Gasteiger partial charge in [0.15, 0.2) is 0 Å². The molecule has 0 aliphatic rings. The molecule has 0 aromatic carbocycles. The van der Waals surface area contributed by atoms with Crippen molar-refractivity contribution < 1.29 is 19.1 Å². The zero-order valence-electron chi connectivity index (χ0n) is 10.4.